The van der Waals surface area contributed by atoms with E-state index in [2.05, 4.69) is 114 Å². The zero-order valence-electron chi connectivity index (χ0n) is 16.2. The van der Waals surface area contributed by atoms with Crippen LogP contribution in [0.4, 0.5) is 0 Å². The van der Waals surface area contributed by atoms with Crippen LogP contribution in [-0.4, -0.2) is 0 Å². The molecule has 25 heavy (non-hydrogen) atoms. The lowest BCUT2D eigenvalue weighted by atomic mass is 9.99. The van der Waals surface area contributed by atoms with Crippen molar-refractivity contribution in [3.8, 4) is 0 Å². The number of benzene rings is 1. The third-order valence-corrected chi connectivity index (χ3v) is 6.79. The Balaban J connectivity index is 3.18. The fourth-order valence-corrected chi connectivity index (χ4v) is 4.94. The molecular formula is C24H31P. The van der Waals surface area contributed by atoms with Crippen LogP contribution in [0.5, 0.6) is 0 Å². The van der Waals surface area contributed by atoms with Gasteiger partial charge in [0.25, 0.3) is 0 Å². The average molecular weight is 350 g/mol. The van der Waals surface area contributed by atoms with Crippen molar-refractivity contribution in [2.75, 3.05) is 0 Å². The van der Waals surface area contributed by atoms with E-state index in [1.165, 1.54) is 21.5 Å². The summed E-state index contributed by atoms with van der Waals surface area (Å²) in [5.74, 6) is 0.350. The predicted molar refractivity (Wildman–Crippen MR) is 118 cm³/mol. The lowest BCUT2D eigenvalue weighted by molar-refractivity contribution is 0.890. The molecular weight excluding hydrogens is 319 g/mol. The maximum atomic E-state index is 3.83. The van der Waals surface area contributed by atoms with Crippen LogP contribution >= 0.6 is 7.92 Å². The standard InChI is InChI=1S/C24H31P/c1-7-14-22(15-8-2)20(5)18-19-23(10-4)25(21(6)9-3)24-16-12-11-13-17-24/h7-20H,1H2,2-6H3/b15-8-,19-18-,21-9+,22-14+,23-10+. The molecule has 0 aliphatic carbocycles. The number of allylic oxidation sites excluding steroid dienone is 11. The van der Waals surface area contributed by atoms with Crippen LogP contribution in [0.25, 0.3) is 0 Å². The highest BCUT2D eigenvalue weighted by Gasteiger charge is 2.15. The summed E-state index contributed by atoms with van der Waals surface area (Å²) >= 11 is 0. The van der Waals surface area contributed by atoms with E-state index in [4.69, 9.17) is 0 Å². The van der Waals surface area contributed by atoms with Crippen molar-refractivity contribution in [1.29, 1.82) is 0 Å². The van der Waals surface area contributed by atoms with Gasteiger partial charge in [-0.15, -0.1) is 0 Å². The third-order valence-electron chi connectivity index (χ3n) is 4.09. The molecule has 0 heterocycles. The van der Waals surface area contributed by atoms with Crippen LogP contribution < -0.4 is 5.30 Å². The van der Waals surface area contributed by atoms with Gasteiger partial charge in [0, 0.05) is 0 Å². The van der Waals surface area contributed by atoms with Crippen molar-refractivity contribution in [3.05, 3.63) is 102 Å². The van der Waals surface area contributed by atoms with E-state index in [-0.39, 0.29) is 0 Å². The summed E-state index contributed by atoms with van der Waals surface area (Å²) in [7, 11) is -0.469. The van der Waals surface area contributed by atoms with Gasteiger partial charge in [0.2, 0.25) is 0 Å². The maximum absolute atomic E-state index is 3.83. The first kappa shape index (κ1) is 21.1. The Bertz CT molecular complexity index is 684. The summed E-state index contributed by atoms with van der Waals surface area (Å²) in [5.41, 5.74) is 1.27. The quantitative estimate of drug-likeness (QED) is 0.336. The first-order valence-corrected chi connectivity index (χ1v) is 10.2. The normalized spacial score (nSPS) is 16.4. The molecule has 0 saturated carbocycles. The second kappa shape index (κ2) is 11.6. The van der Waals surface area contributed by atoms with E-state index >= 15 is 0 Å². The molecule has 0 nitrogen and oxygen atoms in total. The van der Waals surface area contributed by atoms with Crippen LogP contribution in [0, 0.1) is 5.92 Å². The fourth-order valence-electron chi connectivity index (χ4n) is 2.60. The Hall–Kier alpha value is -1.91. The Morgan fingerprint density at radius 1 is 1.04 bits per heavy atom. The summed E-state index contributed by atoms with van der Waals surface area (Å²) in [6.45, 7) is 14.6. The van der Waals surface area contributed by atoms with Gasteiger partial charge in [0.05, 0.1) is 0 Å². The van der Waals surface area contributed by atoms with Crippen LogP contribution in [0.3, 0.4) is 0 Å². The monoisotopic (exact) mass is 350 g/mol. The Labute approximate surface area is 155 Å². The minimum atomic E-state index is -0.469. The molecule has 1 aromatic rings. The smallest absolute Gasteiger partial charge is 0.000721 e. The van der Waals surface area contributed by atoms with Crippen molar-refractivity contribution in [1.82, 2.24) is 0 Å². The summed E-state index contributed by atoms with van der Waals surface area (Å²) < 4.78 is 0. The van der Waals surface area contributed by atoms with Crippen LogP contribution in [0.1, 0.15) is 34.6 Å². The molecule has 0 saturated heterocycles. The summed E-state index contributed by atoms with van der Waals surface area (Å²) in [6, 6.07) is 10.8. The van der Waals surface area contributed by atoms with Crippen LogP contribution in [0.2, 0.25) is 0 Å². The second-order valence-electron chi connectivity index (χ2n) is 5.86. The Morgan fingerprint density at radius 2 is 1.72 bits per heavy atom. The van der Waals surface area contributed by atoms with Crippen molar-refractivity contribution < 1.29 is 0 Å². The highest BCUT2D eigenvalue weighted by atomic mass is 31.1. The first-order chi connectivity index (χ1) is 12.1. The molecule has 0 radical (unpaired) electrons. The first-order valence-electron chi connectivity index (χ1n) is 8.86. The molecule has 132 valence electrons. The van der Waals surface area contributed by atoms with Gasteiger partial charge in [-0.1, -0.05) is 92.4 Å². The van der Waals surface area contributed by atoms with E-state index in [9.17, 15) is 0 Å². The van der Waals surface area contributed by atoms with Gasteiger partial charge in [-0.25, -0.2) is 0 Å². The molecule has 0 aromatic heterocycles. The van der Waals surface area contributed by atoms with E-state index in [0.717, 1.165) is 0 Å². The van der Waals surface area contributed by atoms with Gasteiger partial charge in [0.15, 0.2) is 0 Å². The largest absolute Gasteiger partial charge is 0.0991 e. The Morgan fingerprint density at radius 3 is 2.24 bits per heavy atom. The zero-order chi connectivity index (χ0) is 18.7. The molecule has 0 bridgehead atoms. The number of hydrogen-bond donors (Lipinski definition) is 0. The molecule has 1 aromatic carbocycles. The number of hydrogen-bond acceptors (Lipinski definition) is 0. The molecule has 0 spiro atoms. The Kier molecular flexibility index (Phi) is 9.81. The van der Waals surface area contributed by atoms with E-state index in [0.29, 0.717) is 5.92 Å². The second-order valence-corrected chi connectivity index (χ2v) is 8.27. The summed E-state index contributed by atoms with van der Waals surface area (Å²) in [4.78, 5) is 0. The maximum Gasteiger partial charge on any atom is -0.000721 e. The molecule has 1 heteroatoms. The SMILES string of the molecule is C=C/C=C(\C=C/C)C(C)/C=C\C(=C/C)P(/C(C)=C/C)c1ccccc1. The summed E-state index contributed by atoms with van der Waals surface area (Å²) in [5, 5.41) is 4.22. The van der Waals surface area contributed by atoms with Gasteiger partial charge in [-0.2, -0.15) is 0 Å². The molecule has 0 fully saturated rings. The molecule has 1 rings (SSSR count). The van der Waals surface area contributed by atoms with Gasteiger partial charge < -0.3 is 0 Å². The van der Waals surface area contributed by atoms with Gasteiger partial charge in [-0.3, -0.25) is 0 Å². The van der Waals surface area contributed by atoms with Crippen molar-refractivity contribution >= 4 is 13.2 Å². The highest BCUT2D eigenvalue weighted by molar-refractivity contribution is 7.73. The fraction of sp³-hybridized carbons (Fsp3) is 0.250. The zero-order valence-corrected chi connectivity index (χ0v) is 17.1. The predicted octanol–water partition coefficient (Wildman–Crippen LogP) is 7.50. The minimum absolute atomic E-state index is 0.350. The van der Waals surface area contributed by atoms with E-state index in [1.807, 2.05) is 6.08 Å². The van der Waals surface area contributed by atoms with Crippen molar-refractivity contribution in [2.24, 2.45) is 5.92 Å². The van der Waals surface area contributed by atoms with E-state index in [1.54, 1.807) is 0 Å². The van der Waals surface area contributed by atoms with E-state index < -0.39 is 7.92 Å². The van der Waals surface area contributed by atoms with Crippen molar-refractivity contribution in [2.45, 2.75) is 34.6 Å². The third kappa shape index (κ3) is 6.48. The minimum Gasteiger partial charge on any atom is -0.0991 e. The van der Waals surface area contributed by atoms with Gasteiger partial charge in [0.1, 0.15) is 0 Å². The highest BCUT2D eigenvalue weighted by Crippen LogP contribution is 2.51. The molecule has 0 aliphatic rings. The topological polar surface area (TPSA) is 0 Å². The number of rotatable bonds is 8. The molecule has 2 atom stereocenters. The average Bonchev–Trinajstić information content (AvgIpc) is 2.64. The van der Waals surface area contributed by atoms with Gasteiger partial charge in [-0.05, 0) is 63.0 Å². The van der Waals surface area contributed by atoms with Crippen LogP contribution in [0.15, 0.2) is 102 Å². The van der Waals surface area contributed by atoms with Gasteiger partial charge >= 0.3 is 0 Å². The summed E-state index contributed by atoms with van der Waals surface area (Å²) in [6.07, 6.45) is 17.3. The van der Waals surface area contributed by atoms with Crippen molar-refractivity contribution in [3.63, 3.8) is 0 Å². The molecule has 0 amide bonds. The lowest BCUT2D eigenvalue weighted by Gasteiger charge is -2.21. The van der Waals surface area contributed by atoms with Crippen LogP contribution in [-0.2, 0) is 0 Å². The molecule has 2 unspecified atom stereocenters. The molecule has 0 N–H and O–H groups in total. The molecule has 0 aliphatic heterocycles. The lowest BCUT2D eigenvalue weighted by Crippen LogP contribution is -2.02.